The van der Waals surface area contributed by atoms with Gasteiger partial charge in [0, 0.05) is 6.92 Å². The van der Waals surface area contributed by atoms with Gasteiger partial charge in [0.25, 0.3) is 0 Å². The highest BCUT2D eigenvalue weighted by Gasteiger charge is 2.11. The fourth-order valence-electron chi connectivity index (χ4n) is 1.54. The number of hydrogen-bond donors (Lipinski definition) is 1. The van der Waals surface area contributed by atoms with Crippen molar-refractivity contribution in [2.45, 2.75) is 26.4 Å². The summed E-state index contributed by atoms with van der Waals surface area (Å²) in [6.07, 6.45) is 0.489. The molecule has 0 bridgehead atoms. The predicted molar refractivity (Wildman–Crippen MR) is 60.0 cm³/mol. The second-order valence-corrected chi connectivity index (χ2v) is 3.87. The zero-order valence-corrected chi connectivity index (χ0v) is 10.0. The van der Waals surface area contributed by atoms with E-state index in [1.807, 2.05) is 6.92 Å². The first-order valence-electron chi connectivity index (χ1n) is 5.79. The van der Waals surface area contributed by atoms with Gasteiger partial charge in [0.15, 0.2) is 6.10 Å². The lowest BCUT2D eigenvalue weighted by Crippen LogP contribution is -3.14. The average Bonchev–Trinajstić information content (AvgIpc) is 2.28. The van der Waals surface area contributed by atoms with E-state index < -0.39 is 0 Å². The zero-order chi connectivity index (χ0) is 11.8. The highest BCUT2D eigenvalue weighted by Crippen LogP contribution is 1.95. The Morgan fingerprint density at radius 3 is 2.75 bits per heavy atom. The Bertz CT molecular complexity index is 274. The molecule has 1 rings (SSSR count). The molecule has 0 saturated carbocycles. The molecule has 1 fully saturated rings. The van der Waals surface area contributed by atoms with Crippen molar-refractivity contribution in [2.24, 2.45) is 0 Å². The molecular formula is C12H20NO3+. The van der Waals surface area contributed by atoms with Gasteiger partial charge in [-0.25, -0.2) is 0 Å². The van der Waals surface area contributed by atoms with Crippen LogP contribution in [0.1, 0.15) is 20.3 Å². The van der Waals surface area contributed by atoms with Gasteiger partial charge < -0.3 is 14.4 Å². The van der Waals surface area contributed by atoms with Crippen molar-refractivity contribution < 1.29 is 19.2 Å². The van der Waals surface area contributed by atoms with Gasteiger partial charge in [-0.3, -0.25) is 4.79 Å². The lowest BCUT2D eigenvalue weighted by Gasteiger charge is -2.21. The molecule has 1 aliphatic rings. The molecule has 1 atom stereocenters. The molecule has 4 heteroatoms. The molecule has 0 radical (unpaired) electrons. The Kier molecular flexibility index (Phi) is 5.91. The van der Waals surface area contributed by atoms with Gasteiger partial charge in [-0.15, -0.1) is 0 Å². The summed E-state index contributed by atoms with van der Waals surface area (Å²) in [6, 6.07) is 0. The van der Waals surface area contributed by atoms with Gasteiger partial charge in [0.2, 0.25) is 0 Å². The maximum Gasteiger partial charge on any atom is 0.303 e. The third-order valence-electron chi connectivity index (χ3n) is 2.48. The quantitative estimate of drug-likeness (QED) is 0.508. The van der Waals surface area contributed by atoms with Gasteiger partial charge in [-0.1, -0.05) is 12.8 Å². The molecule has 0 spiro atoms. The Balaban J connectivity index is 2.30. The average molecular weight is 226 g/mol. The number of rotatable bonds is 3. The van der Waals surface area contributed by atoms with Crippen LogP contribution in [0.5, 0.6) is 0 Å². The molecule has 4 nitrogen and oxygen atoms in total. The normalized spacial score (nSPS) is 18.4. The van der Waals surface area contributed by atoms with Crippen LogP contribution in [0.2, 0.25) is 0 Å². The summed E-state index contributed by atoms with van der Waals surface area (Å²) in [5.74, 6) is 5.82. The van der Waals surface area contributed by atoms with E-state index in [-0.39, 0.29) is 12.1 Å². The lowest BCUT2D eigenvalue weighted by atomic mass is 10.3. The summed E-state index contributed by atoms with van der Waals surface area (Å²) < 4.78 is 10.3. The number of carbonyl (C=O) groups is 1. The minimum atomic E-state index is -0.264. The van der Waals surface area contributed by atoms with Crippen molar-refractivity contribution in [3.8, 4) is 11.8 Å². The summed E-state index contributed by atoms with van der Waals surface area (Å²) in [5, 5.41) is 0. The molecule has 0 unspecified atom stereocenters. The summed E-state index contributed by atoms with van der Waals surface area (Å²) >= 11 is 0. The van der Waals surface area contributed by atoms with E-state index in [4.69, 9.17) is 9.47 Å². The number of carbonyl (C=O) groups excluding carboxylic acids is 1. The van der Waals surface area contributed by atoms with Crippen LogP contribution >= 0.6 is 0 Å². The second-order valence-electron chi connectivity index (χ2n) is 3.87. The number of esters is 1. The van der Waals surface area contributed by atoms with Crippen LogP contribution in [-0.2, 0) is 14.3 Å². The van der Waals surface area contributed by atoms with Crippen molar-refractivity contribution in [1.29, 1.82) is 0 Å². The van der Waals surface area contributed by atoms with Crippen LogP contribution in [0, 0.1) is 11.8 Å². The Morgan fingerprint density at radius 1 is 1.50 bits per heavy atom. The molecule has 0 aromatic heterocycles. The molecule has 0 aromatic carbocycles. The van der Waals surface area contributed by atoms with Crippen LogP contribution in [0.4, 0.5) is 0 Å². The van der Waals surface area contributed by atoms with E-state index in [0.717, 1.165) is 39.3 Å². The fraction of sp³-hybridized carbons (Fsp3) is 0.750. The van der Waals surface area contributed by atoms with E-state index in [1.54, 1.807) is 0 Å². The van der Waals surface area contributed by atoms with Gasteiger partial charge in [0.1, 0.15) is 19.6 Å². The third-order valence-corrected chi connectivity index (χ3v) is 2.48. The molecule has 1 saturated heterocycles. The highest BCUT2D eigenvalue weighted by molar-refractivity contribution is 5.66. The van der Waals surface area contributed by atoms with E-state index in [2.05, 4.69) is 11.8 Å². The van der Waals surface area contributed by atoms with Crippen LogP contribution < -0.4 is 4.90 Å². The summed E-state index contributed by atoms with van der Waals surface area (Å²) in [7, 11) is 0. The molecular weight excluding hydrogens is 206 g/mol. The maximum absolute atomic E-state index is 10.8. The molecule has 0 aliphatic carbocycles. The number of quaternary nitrogens is 1. The fourth-order valence-corrected chi connectivity index (χ4v) is 1.54. The molecule has 16 heavy (non-hydrogen) atoms. The summed E-state index contributed by atoms with van der Waals surface area (Å²) in [5.41, 5.74) is 0. The summed E-state index contributed by atoms with van der Waals surface area (Å²) in [4.78, 5) is 12.2. The molecule has 1 N–H and O–H groups in total. The minimum absolute atomic E-state index is 0.252. The first-order valence-corrected chi connectivity index (χ1v) is 5.79. The second kappa shape index (κ2) is 7.26. The SMILES string of the molecule is CC[C@H](C#CC[NH+]1CCOCC1)OC(C)=O. The number of nitrogens with one attached hydrogen (secondary N) is 1. The third kappa shape index (κ3) is 5.15. The topological polar surface area (TPSA) is 40.0 Å². The van der Waals surface area contributed by atoms with Gasteiger partial charge in [-0.05, 0) is 12.3 Å². The first-order chi connectivity index (χ1) is 7.72. The molecule has 1 aliphatic heterocycles. The predicted octanol–water partition coefficient (Wildman–Crippen LogP) is -0.753. The van der Waals surface area contributed by atoms with Crippen molar-refractivity contribution in [3.05, 3.63) is 0 Å². The number of ether oxygens (including phenoxy) is 2. The van der Waals surface area contributed by atoms with E-state index >= 15 is 0 Å². The molecule has 0 amide bonds. The van der Waals surface area contributed by atoms with Crippen LogP contribution in [-0.4, -0.2) is 44.9 Å². The maximum atomic E-state index is 10.8. The standard InChI is InChI=1S/C12H19NO3/c1-3-12(16-11(2)14)5-4-6-13-7-9-15-10-8-13/h12H,3,6-10H2,1-2H3/p+1/t12-/m1/s1. The van der Waals surface area contributed by atoms with Crippen molar-refractivity contribution >= 4 is 5.97 Å². The van der Waals surface area contributed by atoms with E-state index in [9.17, 15) is 4.79 Å². The Morgan fingerprint density at radius 2 is 2.19 bits per heavy atom. The largest absolute Gasteiger partial charge is 0.449 e. The van der Waals surface area contributed by atoms with Crippen LogP contribution in [0.25, 0.3) is 0 Å². The van der Waals surface area contributed by atoms with Crippen LogP contribution in [0.15, 0.2) is 0 Å². The van der Waals surface area contributed by atoms with Gasteiger partial charge in [0.05, 0.1) is 13.2 Å². The van der Waals surface area contributed by atoms with Crippen LogP contribution in [0.3, 0.4) is 0 Å². The van der Waals surface area contributed by atoms with E-state index in [1.165, 1.54) is 11.8 Å². The monoisotopic (exact) mass is 226 g/mol. The number of morpholine rings is 1. The lowest BCUT2D eigenvalue weighted by molar-refractivity contribution is -0.900. The van der Waals surface area contributed by atoms with Crippen molar-refractivity contribution in [3.63, 3.8) is 0 Å². The van der Waals surface area contributed by atoms with Gasteiger partial charge in [-0.2, -0.15) is 0 Å². The zero-order valence-electron chi connectivity index (χ0n) is 10.0. The minimum Gasteiger partial charge on any atom is -0.449 e. The molecule has 1 heterocycles. The van der Waals surface area contributed by atoms with E-state index in [0.29, 0.717) is 0 Å². The molecule has 90 valence electrons. The first kappa shape index (κ1) is 13.0. The van der Waals surface area contributed by atoms with Gasteiger partial charge >= 0.3 is 5.97 Å². The summed E-state index contributed by atoms with van der Waals surface area (Å²) in [6.45, 7) is 7.84. The molecule has 0 aromatic rings. The number of hydrogen-bond acceptors (Lipinski definition) is 3. The van der Waals surface area contributed by atoms with Crippen molar-refractivity contribution in [2.75, 3.05) is 32.8 Å². The smallest absolute Gasteiger partial charge is 0.303 e. The Labute approximate surface area is 96.9 Å². The van der Waals surface area contributed by atoms with Crippen molar-refractivity contribution in [1.82, 2.24) is 0 Å². The Hall–Kier alpha value is -1.05. The highest BCUT2D eigenvalue weighted by atomic mass is 16.5.